The van der Waals surface area contributed by atoms with E-state index in [4.69, 9.17) is 0 Å². The maximum Gasteiger partial charge on any atom is 0.228 e. The Morgan fingerprint density at radius 2 is 1.42 bits per heavy atom. The van der Waals surface area contributed by atoms with Gasteiger partial charge in [0.1, 0.15) is 0 Å². The lowest BCUT2D eigenvalue weighted by Crippen LogP contribution is -2.58. The standard InChI is InChI=1S/C22H30N2O.ClH/c25-21(22-13-18-10-19(14-22)12-20(11-18)15-22)24-8-6-23(7-9-24)16-17-4-2-1-3-5-17;/h1-5,18-20H,6-16H2;1H. The Balaban J connectivity index is 0.00000168. The summed E-state index contributed by atoms with van der Waals surface area (Å²) in [7, 11) is 0. The molecule has 1 aromatic rings. The van der Waals surface area contributed by atoms with E-state index in [0.29, 0.717) is 5.91 Å². The third kappa shape index (κ3) is 3.29. The van der Waals surface area contributed by atoms with Crippen molar-refractivity contribution in [3.05, 3.63) is 35.9 Å². The van der Waals surface area contributed by atoms with Gasteiger partial charge in [-0.05, 0) is 61.8 Å². The minimum Gasteiger partial charge on any atom is -0.340 e. The molecule has 26 heavy (non-hydrogen) atoms. The number of hydrogen-bond acceptors (Lipinski definition) is 2. The van der Waals surface area contributed by atoms with Gasteiger partial charge in [0.2, 0.25) is 5.91 Å². The Hall–Kier alpha value is -1.06. The number of amides is 1. The van der Waals surface area contributed by atoms with Crippen LogP contribution in [-0.2, 0) is 11.3 Å². The van der Waals surface area contributed by atoms with Crippen LogP contribution in [-0.4, -0.2) is 41.9 Å². The molecule has 1 saturated heterocycles. The Morgan fingerprint density at radius 3 is 1.96 bits per heavy atom. The van der Waals surface area contributed by atoms with E-state index in [1.165, 1.54) is 44.1 Å². The third-order valence-corrected chi connectivity index (χ3v) is 7.40. The van der Waals surface area contributed by atoms with Crippen LogP contribution in [0.2, 0.25) is 0 Å². The molecule has 1 heterocycles. The van der Waals surface area contributed by atoms with Crippen molar-refractivity contribution in [1.82, 2.24) is 9.80 Å². The molecule has 0 radical (unpaired) electrons. The second-order valence-electron chi connectivity index (χ2n) is 9.25. The van der Waals surface area contributed by atoms with Crippen molar-refractivity contribution in [2.24, 2.45) is 23.2 Å². The Morgan fingerprint density at radius 1 is 0.885 bits per heavy atom. The van der Waals surface area contributed by atoms with E-state index in [0.717, 1.165) is 50.5 Å². The number of rotatable bonds is 3. The molecule has 0 atom stereocenters. The topological polar surface area (TPSA) is 23.6 Å². The second kappa shape index (κ2) is 7.16. The van der Waals surface area contributed by atoms with Crippen molar-refractivity contribution in [1.29, 1.82) is 0 Å². The molecule has 5 fully saturated rings. The molecule has 4 heteroatoms. The van der Waals surface area contributed by atoms with Crippen LogP contribution in [0.15, 0.2) is 30.3 Å². The first-order chi connectivity index (χ1) is 12.2. The fourth-order valence-corrected chi connectivity index (χ4v) is 6.66. The smallest absolute Gasteiger partial charge is 0.228 e. The van der Waals surface area contributed by atoms with E-state index in [9.17, 15) is 4.79 Å². The van der Waals surface area contributed by atoms with Crippen molar-refractivity contribution >= 4 is 18.3 Å². The summed E-state index contributed by atoms with van der Waals surface area (Å²) in [4.78, 5) is 18.1. The van der Waals surface area contributed by atoms with Crippen molar-refractivity contribution in [3.63, 3.8) is 0 Å². The molecule has 0 spiro atoms. The molecule has 5 aliphatic rings. The number of hydrogen-bond donors (Lipinski definition) is 0. The van der Waals surface area contributed by atoms with Crippen molar-refractivity contribution < 1.29 is 4.79 Å². The lowest BCUT2D eigenvalue weighted by atomic mass is 9.49. The molecule has 1 aromatic carbocycles. The minimum absolute atomic E-state index is 0. The van der Waals surface area contributed by atoms with Crippen LogP contribution in [0.4, 0.5) is 0 Å². The number of carbonyl (C=O) groups excluding carboxylic acids is 1. The largest absolute Gasteiger partial charge is 0.340 e. The Bertz CT molecular complexity index is 604. The Kier molecular flexibility index (Phi) is 5.04. The van der Waals surface area contributed by atoms with E-state index in [2.05, 4.69) is 40.1 Å². The highest BCUT2D eigenvalue weighted by atomic mass is 35.5. The van der Waals surface area contributed by atoms with Gasteiger partial charge < -0.3 is 4.90 Å². The van der Waals surface area contributed by atoms with Crippen LogP contribution in [0.3, 0.4) is 0 Å². The number of benzene rings is 1. The van der Waals surface area contributed by atoms with Crippen LogP contribution in [0.5, 0.6) is 0 Å². The summed E-state index contributed by atoms with van der Waals surface area (Å²) in [5.74, 6) is 3.09. The minimum atomic E-state index is 0. The summed E-state index contributed by atoms with van der Waals surface area (Å²) in [6.45, 7) is 4.90. The van der Waals surface area contributed by atoms with Gasteiger partial charge in [-0.25, -0.2) is 0 Å². The summed E-state index contributed by atoms with van der Waals surface area (Å²) >= 11 is 0. The average Bonchev–Trinajstić information content (AvgIpc) is 2.61. The van der Waals surface area contributed by atoms with E-state index < -0.39 is 0 Å². The van der Waals surface area contributed by atoms with Crippen molar-refractivity contribution in [2.75, 3.05) is 26.2 Å². The molecule has 0 unspecified atom stereocenters. The first kappa shape index (κ1) is 18.3. The zero-order valence-electron chi connectivity index (χ0n) is 15.6. The van der Waals surface area contributed by atoms with Crippen LogP contribution in [0, 0.1) is 23.2 Å². The highest BCUT2D eigenvalue weighted by Gasteiger charge is 2.55. The van der Waals surface area contributed by atoms with Gasteiger partial charge in [0.15, 0.2) is 0 Å². The molecule has 1 amide bonds. The molecule has 3 nitrogen and oxygen atoms in total. The van der Waals surface area contributed by atoms with Gasteiger partial charge in [0.05, 0.1) is 5.41 Å². The quantitative estimate of drug-likeness (QED) is 0.799. The fourth-order valence-electron chi connectivity index (χ4n) is 6.66. The predicted octanol–water partition coefficient (Wildman–Crippen LogP) is 3.97. The van der Waals surface area contributed by atoms with Gasteiger partial charge in [-0.3, -0.25) is 9.69 Å². The summed E-state index contributed by atoms with van der Waals surface area (Å²) in [6.07, 6.45) is 7.83. The highest BCUT2D eigenvalue weighted by molar-refractivity contribution is 5.85. The zero-order valence-corrected chi connectivity index (χ0v) is 16.4. The SMILES string of the molecule is Cl.O=C(N1CCN(Cc2ccccc2)CC1)C12CC3CC(CC(C3)C1)C2. The first-order valence-corrected chi connectivity index (χ1v) is 10.3. The Labute approximate surface area is 163 Å². The van der Waals surface area contributed by atoms with Crippen LogP contribution in [0.25, 0.3) is 0 Å². The van der Waals surface area contributed by atoms with Gasteiger partial charge in [-0.2, -0.15) is 0 Å². The van der Waals surface area contributed by atoms with E-state index in [1.807, 2.05) is 0 Å². The van der Waals surface area contributed by atoms with E-state index >= 15 is 0 Å². The van der Waals surface area contributed by atoms with Crippen LogP contribution < -0.4 is 0 Å². The van der Waals surface area contributed by atoms with Crippen molar-refractivity contribution in [3.8, 4) is 0 Å². The number of nitrogens with zero attached hydrogens (tertiary/aromatic N) is 2. The molecule has 4 saturated carbocycles. The molecule has 0 aromatic heterocycles. The van der Waals surface area contributed by atoms with E-state index in [1.54, 1.807) is 0 Å². The summed E-state index contributed by atoms with van der Waals surface area (Å²) in [5, 5.41) is 0. The maximum absolute atomic E-state index is 13.4. The maximum atomic E-state index is 13.4. The normalized spacial score (nSPS) is 36.0. The molecule has 1 aliphatic heterocycles. The summed E-state index contributed by atoms with van der Waals surface area (Å²) in [5.41, 5.74) is 1.42. The lowest BCUT2D eigenvalue weighted by molar-refractivity contribution is -0.159. The van der Waals surface area contributed by atoms with Crippen LogP contribution >= 0.6 is 12.4 Å². The number of halogens is 1. The van der Waals surface area contributed by atoms with Gasteiger partial charge in [0, 0.05) is 32.7 Å². The fraction of sp³-hybridized carbons (Fsp3) is 0.682. The molecular weight excluding hydrogens is 344 g/mol. The molecule has 4 bridgehead atoms. The highest BCUT2D eigenvalue weighted by Crippen LogP contribution is 2.60. The van der Waals surface area contributed by atoms with Crippen molar-refractivity contribution in [2.45, 2.75) is 45.1 Å². The average molecular weight is 375 g/mol. The molecule has 6 rings (SSSR count). The monoisotopic (exact) mass is 374 g/mol. The van der Waals surface area contributed by atoms with Gasteiger partial charge in [-0.15, -0.1) is 12.4 Å². The summed E-state index contributed by atoms with van der Waals surface area (Å²) < 4.78 is 0. The number of piperazine rings is 1. The lowest BCUT2D eigenvalue weighted by Gasteiger charge is -2.57. The second-order valence-corrected chi connectivity index (χ2v) is 9.25. The third-order valence-electron chi connectivity index (χ3n) is 7.40. The van der Waals surface area contributed by atoms with Gasteiger partial charge in [-0.1, -0.05) is 30.3 Å². The molecule has 4 aliphatic carbocycles. The molecular formula is C22H31ClN2O. The molecule has 142 valence electrons. The predicted molar refractivity (Wildman–Crippen MR) is 106 cm³/mol. The van der Waals surface area contributed by atoms with Gasteiger partial charge in [0.25, 0.3) is 0 Å². The molecule has 0 N–H and O–H groups in total. The first-order valence-electron chi connectivity index (χ1n) is 10.3. The number of carbonyl (C=O) groups is 1. The van der Waals surface area contributed by atoms with Gasteiger partial charge >= 0.3 is 0 Å². The van der Waals surface area contributed by atoms with E-state index in [-0.39, 0.29) is 17.8 Å². The zero-order chi connectivity index (χ0) is 16.9. The summed E-state index contributed by atoms with van der Waals surface area (Å²) in [6, 6.07) is 10.7. The van der Waals surface area contributed by atoms with Crippen LogP contribution in [0.1, 0.15) is 44.1 Å².